The van der Waals surface area contributed by atoms with Gasteiger partial charge in [-0.2, -0.15) is 0 Å². The van der Waals surface area contributed by atoms with Crippen LogP contribution in [-0.4, -0.2) is 35.3 Å². The average Bonchev–Trinajstić information content (AvgIpc) is 2.76. The van der Waals surface area contributed by atoms with E-state index in [-0.39, 0.29) is 23.4 Å². The fourth-order valence-electron chi connectivity index (χ4n) is 3.33. The van der Waals surface area contributed by atoms with Gasteiger partial charge < -0.3 is 5.32 Å². The molecule has 1 N–H and O–H groups in total. The second-order valence-corrected chi connectivity index (χ2v) is 12.3. The molecule has 3 aromatic carbocycles. The smallest absolute Gasteiger partial charge is 0.251 e. The lowest BCUT2D eigenvalue weighted by atomic mass is 10.1. The van der Waals surface area contributed by atoms with Gasteiger partial charge in [0.1, 0.15) is 0 Å². The number of carbonyl (C=O) groups excluding carboxylic acids is 1. The number of hydrogen-bond acceptors (Lipinski definition) is 5. The lowest BCUT2D eigenvalue weighted by molar-refractivity contribution is 0.0940. The Morgan fingerprint density at radius 1 is 0.941 bits per heavy atom. The molecule has 1 amide bonds. The maximum absolute atomic E-state index is 12.7. The molecule has 0 fully saturated rings. The van der Waals surface area contributed by atoms with Crippen LogP contribution in [0.2, 0.25) is 5.02 Å². The lowest BCUT2D eigenvalue weighted by Crippen LogP contribution is -2.29. The first kappa shape index (κ1) is 25.7. The van der Waals surface area contributed by atoms with Crippen molar-refractivity contribution in [1.82, 2.24) is 5.32 Å². The quantitative estimate of drug-likeness (QED) is 0.479. The third-order valence-corrected chi connectivity index (χ3v) is 7.70. The Balaban J connectivity index is 1.71. The molecule has 3 rings (SSSR count). The minimum absolute atomic E-state index is 0.0875. The molecular weight excluding hydrogens is 496 g/mol. The Labute approximate surface area is 205 Å². The van der Waals surface area contributed by atoms with E-state index in [0.29, 0.717) is 21.8 Å². The molecule has 1 unspecified atom stereocenters. The largest absolute Gasteiger partial charge is 0.346 e. The SMILES string of the molecule is CC(NC(=O)c1ccc(CN(c2cccc(Cl)c2)S(C)(=O)=O)cc1)c1ccc(S(C)(=O)=O)cc1. The number of carbonyl (C=O) groups is 1. The van der Waals surface area contributed by atoms with Gasteiger partial charge in [-0.1, -0.05) is 41.9 Å². The Kier molecular flexibility index (Phi) is 7.70. The standard InChI is InChI=1S/C24H25ClN2O5S2/c1-17(19-11-13-23(14-12-19)33(2,29)30)26-24(28)20-9-7-18(8-10-20)16-27(34(3,31)32)22-6-4-5-21(25)15-22/h4-15,17H,16H2,1-3H3,(H,26,28). The highest BCUT2D eigenvalue weighted by molar-refractivity contribution is 7.92. The summed E-state index contributed by atoms with van der Waals surface area (Å²) in [6.07, 6.45) is 2.26. The van der Waals surface area contributed by atoms with Crippen molar-refractivity contribution in [3.05, 3.63) is 94.5 Å². The number of sulfonamides is 1. The maximum Gasteiger partial charge on any atom is 0.251 e. The first-order chi connectivity index (χ1) is 15.8. The number of rotatable bonds is 8. The zero-order valence-electron chi connectivity index (χ0n) is 18.9. The molecule has 0 saturated carbocycles. The van der Waals surface area contributed by atoms with Crippen molar-refractivity contribution in [3.63, 3.8) is 0 Å². The molecule has 0 bridgehead atoms. The van der Waals surface area contributed by atoms with Crippen LogP contribution >= 0.6 is 11.6 Å². The Morgan fingerprint density at radius 3 is 2.09 bits per heavy atom. The molecule has 0 heterocycles. The van der Waals surface area contributed by atoms with Crippen molar-refractivity contribution < 1.29 is 21.6 Å². The van der Waals surface area contributed by atoms with E-state index in [2.05, 4.69) is 5.32 Å². The average molecular weight is 521 g/mol. The van der Waals surface area contributed by atoms with E-state index >= 15 is 0 Å². The summed E-state index contributed by atoms with van der Waals surface area (Å²) >= 11 is 6.02. The van der Waals surface area contributed by atoms with E-state index in [9.17, 15) is 21.6 Å². The third kappa shape index (κ3) is 6.59. The molecule has 0 aliphatic carbocycles. The Bertz CT molecular complexity index is 1390. The summed E-state index contributed by atoms with van der Waals surface area (Å²) in [6, 6.07) is 19.2. The summed E-state index contributed by atoms with van der Waals surface area (Å²) in [7, 11) is -6.85. The number of halogens is 1. The summed E-state index contributed by atoms with van der Waals surface area (Å²) in [5, 5.41) is 3.31. The maximum atomic E-state index is 12.7. The monoisotopic (exact) mass is 520 g/mol. The lowest BCUT2D eigenvalue weighted by Gasteiger charge is -2.23. The zero-order chi connectivity index (χ0) is 25.1. The molecule has 34 heavy (non-hydrogen) atoms. The molecule has 0 spiro atoms. The molecule has 180 valence electrons. The summed E-state index contributed by atoms with van der Waals surface area (Å²) in [5.74, 6) is -0.305. The van der Waals surface area contributed by atoms with Crippen LogP contribution in [0.4, 0.5) is 5.69 Å². The van der Waals surface area contributed by atoms with Crippen LogP contribution in [0.5, 0.6) is 0 Å². The minimum atomic E-state index is -3.56. The number of anilines is 1. The van der Waals surface area contributed by atoms with Crippen molar-refractivity contribution >= 4 is 43.1 Å². The van der Waals surface area contributed by atoms with Gasteiger partial charge >= 0.3 is 0 Å². The van der Waals surface area contributed by atoms with Crippen LogP contribution in [0.1, 0.15) is 34.5 Å². The van der Waals surface area contributed by atoms with Crippen LogP contribution < -0.4 is 9.62 Å². The molecule has 0 aliphatic heterocycles. The van der Waals surface area contributed by atoms with E-state index < -0.39 is 19.9 Å². The second kappa shape index (κ2) is 10.2. The number of amides is 1. The van der Waals surface area contributed by atoms with E-state index in [4.69, 9.17) is 11.6 Å². The fraction of sp³-hybridized carbons (Fsp3) is 0.208. The molecule has 3 aromatic rings. The van der Waals surface area contributed by atoms with E-state index in [1.807, 2.05) is 0 Å². The normalized spacial score (nSPS) is 12.7. The van der Waals surface area contributed by atoms with Crippen molar-refractivity contribution in [1.29, 1.82) is 0 Å². The Hall–Kier alpha value is -2.88. The highest BCUT2D eigenvalue weighted by Crippen LogP contribution is 2.24. The highest BCUT2D eigenvalue weighted by atomic mass is 35.5. The van der Waals surface area contributed by atoms with E-state index in [0.717, 1.165) is 18.1 Å². The molecule has 10 heteroatoms. The number of nitrogens with zero attached hydrogens (tertiary/aromatic N) is 1. The molecule has 7 nitrogen and oxygen atoms in total. The van der Waals surface area contributed by atoms with Crippen molar-refractivity contribution in [2.75, 3.05) is 16.8 Å². The minimum Gasteiger partial charge on any atom is -0.346 e. The molecule has 0 aliphatic rings. The topological polar surface area (TPSA) is 101 Å². The van der Waals surface area contributed by atoms with Crippen LogP contribution in [0.15, 0.2) is 77.7 Å². The van der Waals surface area contributed by atoms with Crippen molar-refractivity contribution in [3.8, 4) is 0 Å². The first-order valence-corrected chi connectivity index (χ1v) is 14.4. The van der Waals surface area contributed by atoms with Gasteiger partial charge in [0.25, 0.3) is 5.91 Å². The number of benzene rings is 3. The van der Waals surface area contributed by atoms with Crippen LogP contribution in [0.3, 0.4) is 0 Å². The van der Waals surface area contributed by atoms with E-state index in [1.165, 1.54) is 16.4 Å². The van der Waals surface area contributed by atoms with Gasteiger partial charge in [-0.25, -0.2) is 16.8 Å². The van der Waals surface area contributed by atoms with Gasteiger partial charge in [-0.15, -0.1) is 0 Å². The van der Waals surface area contributed by atoms with Gasteiger partial charge in [-0.05, 0) is 60.5 Å². The van der Waals surface area contributed by atoms with Gasteiger partial charge in [0.15, 0.2) is 9.84 Å². The predicted octanol–water partition coefficient (Wildman–Crippen LogP) is 4.20. The molecule has 0 aromatic heterocycles. The predicted molar refractivity (Wildman–Crippen MR) is 134 cm³/mol. The summed E-state index contributed by atoms with van der Waals surface area (Å²) in [5.41, 5.74) is 2.33. The summed E-state index contributed by atoms with van der Waals surface area (Å²) in [4.78, 5) is 12.9. The summed E-state index contributed by atoms with van der Waals surface area (Å²) in [6.45, 7) is 1.89. The van der Waals surface area contributed by atoms with Gasteiger partial charge in [0.05, 0.1) is 29.4 Å². The molecular formula is C24H25ClN2O5S2. The van der Waals surface area contributed by atoms with Crippen molar-refractivity contribution in [2.24, 2.45) is 0 Å². The number of sulfone groups is 1. The fourth-order valence-corrected chi connectivity index (χ4v) is 5.02. The second-order valence-electron chi connectivity index (χ2n) is 7.98. The van der Waals surface area contributed by atoms with Gasteiger partial charge in [0.2, 0.25) is 10.0 Å². The van der Waals surface area contributed by atoms with E-state index in [1.54, 1.807) is 67.6 Å². The van der Waals surface area contributed by atoms with Crippen LogP contribution in [0.25, 0.3) is 0 Å². The highest BCUT2D eigenvalue weighted by Gasteiger charge is 2.19. The summed E-state index contributed by atoms with van der Waals surface area (Å²) < 4.78 is 49.1. The molecule has 0 saturated heterocycles. The number of hydrogen-bond donors (Lipinski definition) is 1. The zero-order valence-corrected chi connectivity index (χ0v) is 21.3. The first-order valence-electron chi connectivity index (χ1n) is 10.3. The molecule has 1 atom stereocenters. The number of nitrogens with one attached hydrogen (secondary N) is 1. The van der Waals surface area contributed by atoms with Gasteiger partial charge in [0, 0.05) is 16.8 Å². The third-order valence-electron chi connectivity index (χ3n) is 5.19. The molecule has 0 radical (unpaired) electrons. The van der Waals surface area contributed by atoms with Crippen LogP contribution in [0, 0.1) is 0 Å². The van der Waals surface area contributed by atoms with Crippen molar-refractivity contribution in [2.45, 2.75) is 24.4 Å². The van der Waals surface area contributed by atoms with Crippen LogP contribution in [-0.2, 0) is 26.4 Å². The Morgan fingerprint density at radius 2 is 1.56 bits per heavy atom. The van der Waals surface area contributed by atoms with Gasteiger partial charge in [-0.3, -0.25) is 9.10 Å².